The summed E-state index contributed by atoms with van der Waals surface area (Å²) in [6.07, 6.45) is 1.72. The summed E-state index contributed by atoms with van der Waals surface area (Å²) in [5, 5.41) is 5.62. The third-order valence-electron chi connectivity index (χ3n) is 5.32. The molecule has 0 aliphatic rings. The minimum absolute atomic E-state index is 0.0433. The molecule has 5 aromatic rings. The van der Waals surface area contributed by atoms with Gasteiger partial charge < -0.3 is 15.0 Å². The summed E-state index contributed by atoms with van der Waals surface area (Å²) >= 11 is 0. The maximum atomic E-state index is 6.15. The summed E-state index contributed by atoms with van der Waals surface area (Å²) in [5.74, 6) is 1.90. The van der Waals surface area contributed by atoms with Gasteiger partial charge in [0.05, 0.1) is 11.0 Å². The Hall–Kier alpha value is -3.86. The smallest absolute Gasteiger partial charge is 0.243 e. The summed E-state index contributed by atoms with van der Waals surface area (Å²) in [7, 11) is 0. The number of pyridine rings is 1. The lowest BCUT2D eigenvalue weighted by Crippen LogP contribution is -2.10. The maximum Gasteiger partial charge on any atom is 0.243 e. The molecule has 154 valence electrons. The van der Waals surface area contributed by atoms with E-state index in [1.54, 1.807) is 6.20 Å². The van der Waals surface area contributed by atoms with Crippen molar-refractivity contribution in [3.63, 3.8) is 0 Å². The monoisotopic (exact) mass is 408 g/mol. The Kier molecular flexibility index (Phi) is 4.59. The van der Waals surface area contributed by atoms with Crippen molar-refractivity contribution in [3.8, 4) is 11.6 Å². The molecule has 5 heteroatoms. The Labute approximate surface area is 181 Å². The van der Waals surface area contributed by atoms with Crippen LogP contribution >= 0.6 is 0 Å². The number of ether oxygens (including phenoxy) is 1. The van der Waals surface area contributed by atoms with Gasteiger partial charge in [-0.1, -0.05) is 63.2 Å². The second kappa shape index (κ2) is 7.43. The van der Waals surface area contributed by atoms with Gasteiger partial charge >= 0.3 is 0 Å². The highest BCUT2D eigenvalue weighted by molar-refractivity contribution is 6.04. The van der Waals surface area contributed by atoms with Crippen molar-refractivity contribution in [2.75, 3.05) is 5.32 Å². The Morgan fingerprint density at radius 3 is 2.65 bits per heavy atom. The van der Waals surface area contributed by atoms with Crippen LogP contribution in [0, 0.1) is 0 Å². The van der Waals surface area contributed by atoms with Gasteiger partial charge in [-0.05, 0) is 46.7 Å². The van der Waals surface area contributed by atoms with Gasteiger partial charge in [0.1, 0.15) is 11.4 Å². The lowest BCUT2D eigenvalue weighted by Gasteiger charge is -2.19. The molecular weight excluding hydrogens is 384 g/mol. The first kappa shape index (κ1) is 19.1. The number of hydrogen-bond acceptors (Lipinski definition) is 4. The standard InChI is InChI=1S/C26H24N4O/c1-26(2,3)18-9-6-10-19(16-18)31-24-22(12-7-15-27-24)29-25-28-21-14-13-17-8-4-5-11-20(17)23(21)30-25/h4-16H,1-3H3,(H2,28,29,30). The van der Waals surface area contributed by atoms with E-state index < -0.39 is 0 Å². The third kappa shape index (κ3) is 3.82. The van der Waals surface area contributed by atoms with Gasteiger partial charge in [0.2, 0.25) is 11.8 Å². The molecule has 31 heavy (non-hydrogen) atoms. The van der Waals surface area contributed by atoms with Crippen LogP contribution in [0.15, 0.2) is 79.0 Å². The van der Waals surface area contributed by atoms with Crippen LogP contribution < -0.4 is 10.1 Å². The largest absolute Gasteiger partial charge is 0.437 e. The molecular formula is C26H24N4O. The van der Waals surface area contributed by atoms with E-state index in [0.29, 0.717) is 11.8 Å². The fourth-order valence-corrected chi connectivity index (χ4v) is 3.64. The molecule has 0 bridgehead atoms. The van der Waals surface area contributed by atoms with Crippen molar-refractivity contribution >= 4 is 33.4 Å². The number of nitrogens with one attached hydrogen (secondary N) is 2. The average Bonchev–Trinajstić information content (AvgIpc) is 3.18. The lowest BCUT2D eigenvalue weighted by molar-refractivity contribution is 0.462. The number of aromatic nitrogens is 3. The number of nitrogens with zero attached hydrogens (tertiary/aromatic N) is 2. The summed E-state index contributed by atoms with van der Waals surface area (Å²) in [6, 6.07) is 24.3. The van der Waals surface area contributed by atoms with Gasteiger partial charge in [-0.3, -0.25) is 0 Å². The van der Waals surface area contributed by atoms with Crippen LogP contribution in [0.1, 0.15) is 26.3 Å². The second-order valence-electron chi connectivity index (χ2n) is 8.63. The first-order chi connectivity index (χ1) is 15.0. The fourth-order valence-electron chi connectivity index (χ4n) is 3.64. The molecule has 2 aromatic heterocycles. The molecule has 0 spiro atoms. The molecule has 3 aromatic carbocycles. The Balaban J connectivity index is 1.47. The summed E-state index contributed by atoms with van der Waals surface area (Å²) in [4.78, 5) is 12.6. The number of imidazole rings is 1. The van der Waals surface area contributed by atoms with Gasteiger partial charge in [-0.15, -0.1) is 0 Å². The maximum absolute atomic E-state index is 6.15. The van der Waals surface area contributed by atoms with E-state index in [2.05, 4.69) is 72.5 Å². The van der Waals surface area contributed by atoms with E-state index in [9.17, 15) is 0 Å². The van der Waals surface area contributed by atoms with E-state index in [1.807, 2.05) is 36.4 Å². The number of H-pyrrole nitrogens is 1. The number of rotatable bonds is 4. The Bertz CT molecular complexity index is 1380. The Morgan fingerprint density at radius 2 is 1.77 bits per heavy atom. The highest BCUT2D eigenvalue weighted by atomic mass is 16.5. The highest BCUT2D eigenvalue weighted by Gasteiger charge is 2.15. The highest BCUT2D eigenvalue weighted by Crippen LogP contribution is 2.32. The quantitative estimate of drug-likeness (QED) is 0.338. The molecule has 0 radical (unpaired) electrons. The summed E-state index contributed by atoms with van der Waals surface area (Å²) < 4.78 is 6.15. The molecule has 0 aliphatic carbocycles. The molecule has 2 N–H and O–H groups in total. The first-order valence-corrected chi connectivity index (χ1v) is 10.4. The zero-order valence-corrected chi connectivity index (χ0v) is 17.8. The number of benzene rings is 3. The molecule has 2 heterocycles. The van der Waals surface area contributed by atoms with Crippen LogP contribution in [0.25, 0.3) is 21.8 Å². The van der Waals surface area contributed by atoms with Crippen LogP contribution in [-0.2, 0) is 5.41 Å². The SMILES string of the molecule is CC(C)(C)c1cccc(Oc2ncccc2Nc2nc3c(ccc4ccccc43)[nH]2)c1. The molecule has 0 saturated heterocycles. The van der Waals surface area contributed by atoms with Gasteiger partial charge in [0.15, 0.2) is 0 Å². The lowest BCUT2D eigenvalue weighted by atomic mass is 9.87. The van der Waals surface area contributed by atoms with E-state index in [1.165, 1.54) is 5.56 Å². The fraction of sp³-hybridized carbons (Fsp3) is 0.154. The van der Waals surface area contributed by atoms with Gasteiger partial charge in [0.25, 0.3) is 0 Å². The zero-order chi connectivity index (χ0) is 21.4. The molecule has 0 saturated carbocycles. The molecule has 0 amide bonds. The second-order valence-corrected chi connectivity index (χ2v) is 8.63. The van der Waals surface area contributed by atoms with Crippen LogP contribution in [0.5, 0.6) is 11.6 Å². The van der Waals surface area contributed by atoms with Crippen LogP contribution in [-0.4, -0.2) is 15.0 Å². The summed E-state index contributed by atoms with van der Waals surface area (Å²) in [5.41, 5.74) is 3.91. The molecule has 0 aliphatic heterocycles. The van der Waals surface area contributed by atoms with E-state index >= 15 is 0 Å². The van der Waals surface area contributed by atoms with Crippen LogP contribution in [0.2, 0.25) is 0 Å². The van der Waals surface area contributed by atoms with Crippen molar-refractivity contribution in [2.45, 2.75) is 26.2 Å². The summed E-state index contributed by atoms with van der Waals surface area (Å²) in [6.45, 7) is 6.56. The normalized spacial score (nSPS) is 11.7. The van der Waals surface area contributed by atoms with Crippen molar-refractivity contribution in [3.05, 3.63) is 84.6 Å². The minimum Gasteiger partial charge on any atom is -0.437 e. The molecule has 5 rings (SSSR count). The van der Waals surface area contributed by atoms with Crippen molar-refractivity contribution in [2.24, 2.45) is 0 Å². The third-order valence-corrected chi connectivity index (χ3v) is 5.32. The van der Waals surface area contributed by atoms with E-state index in [0.717, 1.165) is 33.2 Å². The predicted octanol–water partition coefficient (Wildman–Crippen LogP) is 6.94. The zero-order valence-electron chi connectivity index (χ0n) is 17.8. The number of fused-ring (bicyclic) bond motifs is 3. The Morgan fingerprint density at radius 1 is 0.903 bits per heavy atom. The molecule has 0 unspecified atom stereocenters. The van der Waals surface area contributed by atoms with E-state index in [4.69, 9.17) is 9.72 Å². The minimum atomic E-state index is 0.0433. The molecule has 0 fully saturated rings. The predicted molar refractivity (Wildman–Crippen MR) is 126 cm³/mol. The van der Waals surface area contributed by atoms with E-state index in [-0.39, 0.29) is 5.41 Å². The van der Waals surface area contributed by atoms with Crippen LogP contribution in [0.3, 0.4) is 0 Å². The number of anilines is 2. The number of hydrogen-bond donors (Lipinski definition) is 2. The van der Waals surface area contributed by atoms with Gasteiger partial charge in [-0.2, -0.15) is 0 Å². The topological polar surface area (TPSA) is 62.8 Å². The van der Waals surface area contributed by atoms with Crippen molar-refractivity contribution in [1.29, 1.82) is 0 Å². The van der Waals surface area contributed by atoms with Crippen molar-refractivity contribution in [1.82, 2.24) is 15.0 Å². The van der Waals surface area contributed by atoms with Gasteiger partial charge in [0, 0.05) is 11.6 Å². The number of aromatic amines is 1. The van der Waals surface area contributed by atoms with Crippen molar-refractivity contribution < 1.29 is 4.74 Å². The first-order valence-electron chi connectivity index (χ1n) is 10.4. The molecule has 0 atom stereocenters. The van der Waals surface area contributed by atoms with Gasteiger partial charge in [-0.25, -0.2) is 9.97 Å². The molecule has 5 nitrogen and oxygen atoms in total. The average molecular weight is 409 g/mol. The van der Waals surface area contributed by atoms with Crippen LogP contribution in [0.4, 0.5) is 11.6 Å².